The van der Waals surface area contributed by atoms with Crippen molar-refractivity contribution in [1.29, 1.82) is 0 Å². The second-order valence-electron chi connectivity index (χ2n) is 3.62. The third kappa shape index (κ3) is 2.56. The van der Waals surface area contributed by atoms with E-state index in [1.165, 1.54) is 10.9 Å². The average molecular weight is 218 g/mol. The fraction of sp³-hybridized carbons (Fsp3) is 0.308. The average Bonchev–Trinajstić information content (AvgIpc) is 2.33. The number of benzene rings is 1. The molecule has 0 saturated heterocycles. The first-order chi connectivity index (χ1) is 7.70. The minimum absolute atomic E-state index is 0.574. The van der Waals surface area contributed by atoms with Gasteiger partial charge in [0.1, 0.15) is 0 Å². The Balaban J connectivity index is 0.000000606. The zero-order chi connectivity index (χ0) is 12.1. The molecule has 1 aromatic carbocycles. The van der Waals surface area contributed by atoms with Crippen LogP contribution in [-0.2, 0) is 6.54 Å². The van der Waals surface area contributed by atoms with Gasteiger partial charge in [0, 0.05) is 24.7 Å². The minimum Gasteiger partial charge on any atom is -0.400 e. The summed E-state index contributed by atoms with van der Waals surface area (Å²) < 4.78 is 0. The molecule has 1 aromatic heterocycles. The normalized spacial score (nSPS) is 9.81. The molecule has 3 nitrogen and oxygen atoms in total. The van der Waals surface area contributed by atoms with Gasteiger partial charge in [-0.25, -0.2) is 0 Å². The topological polar surface area (TPSA) is 59.1 Å². The van der Waals surface area contributed by atoms with Crippen LogP contribution >= 0.6 is 0 Å². The molecule has 3 N–H and O–H groups in total. The summed E-state index contributed by atoms with van der Waals surface area (Å²) in [5.74, 6) is 0. The first-order valence-corrected chi connectivity index (χ1v) is 5.22. The number of aryl methyl sites for hydroxylation is 2. The number of aliphatic hydroxyl groups is 1. The standard InChI is InChI=1S/C12H14N2.CH4O/c1-8-5-11-4-3-10(7-13)6-12(11)14-9(8)2;1-2/h3-6H,7,13H2,1-2H3;2H,1H3. The molecular formula is C13H18N2O. The van der Waals surface area contributed by atoms with Gasteiger partial charge in [0.05, 0.1) is 5.52 Å². The molecule has 86 valence electrons. The second-order valence-corrected chi connectivity index (χ2v) is 3.62. The largest absolute Gasteiger partial charge is 0.400 e. The highest BCUT2D eigenvalue weighted by molar-refractivity contribution is 5.80. The molecule has 0 bridgehead atoms. The molecule has 0 aliphatic rings. The van der Waals surface area contributed by atoms with Crippen molar-refractivity contribution in [3.05, 3.63) is 41.1 Å². The van der Waals surface area contributed by atoms with Crippen LogP contribution in [0.2, 0.25) is 0 Å². The van der Waals surface area contributed by atoms with E-state index >= 15 is 0 Å². The van der Waals surface area contributed by atoms with Crippen LogP contribution in [0.25, 0.3) is 10.9 Å². The van der Waals surface area contributed by atoms with E-state index in [2.05, 4.69) is 36.2 Å². The van der Waals surface area contributed by atoms with Gasteiger partial charge >= 0.3 is 0 Å². The third-order valence-electron chi connectivity index (χ3n) is 2.56. The Kier molecular flexibility index (Phi) is 4.40. The third-order valence-corrected chi connectivity index (χ3v) is 2.56. The number of hydrogen-bond donors (Lipinski definition) is 2. The molecule has 0 spiro atoms. The predicted octanol–water partition coefficient (Wildman–Crippen LogP) is 1.92. The number of fused-ring (bicyclic) bond motifs is 1. The van der Waals surface area contributed by atoms with Crippen molar-refractivity contribution in [2.45, 2.75) is 20.4 Å². The molecule has 3 heteroatoms. The van der Waals surface area contributed by atoms with Gasteiger partial charge in [-0.2, -0.15) is 0 Å². The Bertz CT molecular complexity index is 481. The molecule has 0 saturated carbocycles. The van der Waals surface area contributed by atoms with E-state index in [0.717, 1.165) is 23.9 Å². The van der Waals surface area contributed by atoms with E-state index in [1.807, 2.05) is 6.92 Å². The van der Waals surface area contributed by atoms with Crippen molar-refractivity contribution in [3.8, 4) is 0 Å². The summed E-state index contributed by atoms with van der Waals surface area (Å²) in [5.41, 5.74) is 10.1. The molecule has 2 aromatic rings. The highest BCUT2D eigenvalue weighted by atomic mass is 16.2. The fourth-order valence-corrected chi connectivity index (χ4v) is 1.54. The van der Waals surface area contributed by atoms with Crippen LogP contribution in [0.1, 0.15) is 16.8 Å². The number of nitrogens with zero attached hydrogens (tertiary/aromatic N) is 1. The lowest BCUT2D eigenvalue weighted by molar-refractivity contribution is 0.399. The Morgan fingerprint density at radius 2 is 1.88 bits per heavy atom. The molecule has 0 fully saturated rings. The highest BCUT2D eigenvalue weighted by Gasteiger charge is 1.99. The molecule has 0 amide bonds. The van der Waals surface area contributed by atoms with E-state index < -0.39 is 0 Å². The van der Waals surface area contributed by atoms with E-state index in [4.69, 9.17) is 10.8 Å². The SMILES string of the molecule is CO.Cc1cc2ccc(CN)cc2nc1C. The Morgan fingerprint density at radius 1 is 1.19 bits per heavy atom. The molecule has 0 aliphatic carbocycles. The predicted molar refractivity (Wildman–Crippen MR) is 67.3 cm³/mol. The number of pyridine rings is 1. The maximum Gasteiger partial charge on any atom is 0.0708 e. The summed E-state index contributed by atoms with van der Waals surface area (Å²) in [6.45, 7) is 4.69. The van der Waals surface area contributed by atoms with E-state index in [1.54, 1.807) is 0 Å². The molecule has 0 aliphatic heterocycles. The van der Waals surface area contributed by atoms with Gasteiger partial charge in [-0.3, -0.25) is 4.98 Å². The number of nitrogens with two attached hydrogens (primary N) is 1. The van der Waals surface area contributed by atoms with Gasteiger partial charge in [0.2, 0.25) is 0 Å². The molecular weight excluding hydrogens is 200 g/mol. The van der Waals surface area contributed by atoms with Crippen LogP contribution in [0.15, 0.2) is 24.3 Å². The van der Waals surface area contributed by atoms with Crippen LogP contribution in [0.5, 0.6) is 0 Å². The van der Waals surface area contributed by atoms with Crippen LogP contribution in [0.4, 0.5) is 0 Å². The summed E-state index contributed by atoms with van der Waals surface area (Å²) in [6.07, 6.45) is 0. The van der Waals surface area contributed by atoms with Crippen LogP contribution in [0.3, 0.4) is 0 Å². The van der Waals surface area contributed by atoms with E-state index in [9.17, 15) is 0 Å². The summed E-state index contributed by atoms with van der Waals surface area (Å²) in [4.78, 5) is 4.53. The smallest absolute Gasteiger partial charge is 0.0708 e. The molecule has 1 heterocycles. The van der Waals surface area contributed by atoms with Gasteiger partial charge in [-0.15, -0.1) is 0 Å². The maximum atomic E-state index is 7.00. The lowest BCUT2D eigenvalue weighted by atomic mass is 10.1. The van der Waals surface area contributed by atoms with E-state index in [-0.39, 0.29) is 0 Å². The van der Waals surface area contributed by atoms with Gasteiger partial charge < -0.3 is 10.8 Å². The lowest BCUT2D eigenvalue weighted by Crippen LogP contribution is -1.96. The second kappa shape index (κ2) is 5.58. The summed E-state index contributed by atoms with van der Waals surface area (Å²) in [5, 5.41) is 8.19. The van der Waals surface area contributed by atoms with Crippen LogP contribution in [0, 0.1) is 13.8 Å². The van der Waals surface area contributed by atoms with Crippen LogP contribution in [-0.4, -0.2) is 17.2 Å². The Labute approximate surface area is 95.9 Å². The summed E-state index contributed by atoms with van der Waals surface area (Å²) in [7, 11) is 1.00. The van der Waals surface area contributed by atoms with Crippen molar-refractivity contribution >= 4 is 10.9 Å². The summed E-state index contributed by atoms with van der Waals surface area (Å²) >= 11 is 0. The van der Waals surface area contributed by atoms with Crippen molar-refractivity contribution in [2.75, 3.05) is 7.11 Å². The fourth-order valence-electron chi connectivity index (χ4n) is 1.54. The molecule has 0 unspecified atom stereocenters. The number of hydrogen-bond acceptors (Lipinski definition) is 3. The molecule has 0 radical (unpaired) electrons. The summed E-state index contributed by atoms with van der Waals surface area (Å²) in [6, 6.07) is 8.36. The first-order valence-electron chi connectivity index (χ1n) is 5.22. The first kappa shape index (κ1) is 12.6. The van der Waals surface area contributed by atoms with Crippen molar-refractivity contribution in [1.82, 2.24) is 4.98 Å². The van der Waals surface area contributed by atoms with Crippen molar-refractivity contribution in [2.24, 2.45) is 5.73 Å². The molecule has 0 atom stereocenters. The Morgan fingerprint density at radius 3 is 2.50 bits per heavy atom. The Hall–Kier alpha value is -1.45. The quantitative estimate of drug-likeness (QED) is 0.768. The highest BCUT2D eigenvalue weighted by Crippen LogP contribution is 2.17. The molecule has 16 heavy (non-hydrogen) atoms. The van der Waals surface area contributed by atoms with Crippen LogP contribution < -0.4 is 5.73 Å². The van der Waals surface area contributed by atoms with Gasteiger partial charge in [0.15, 0.2) is 0 Å². The van der Waals surface area contributed by atoms with Gasteiger partial charge in [0.25, 0.3) is 0 Å². The van der Waals surface area contributed by atoms with Crippen molar-refractivity contribution < 1.29 is 5.11 Å². The lowest BCUT2D eigenvalue weighted by Gasteiger charge is -2.04. The number of aliphatic hydroxyl groups excluding tert-OH is 1. The molecule has 2 rings (SSSR count). The van der Waals surface area contributed by atoms with Gasteiger partial charge in [-0.1, -0.05) is 12.1 Å². The maximum absolute atomic E-state index is 7.00. The minimum atomic E-state index is 0.574. The zero-order valence-corrected chi connectivity index (χ0v) is 9.99. The number of rotatable bonds is 1. The number of aromatic nitrogens is 1. The van der Waals surface area contributed by atoms with E-state index in [0.29, 0.717) is 6.54 Å². The van der Waals surface area contributed by atoms with Crippen molar-refractivity contribution in [3.63, 3.8) is 0 Å². The zero-order valence-electron chi connectivity index (χ0n) is 9.99. The monoisotopic (exact) mass is 218 g/mol. The van der Waals surface area contributed by atoms with Gasteiger partial charge in [-0.05, 0) is 37.1 Å².